The van der Waals surface area contributed by atoms with Crippen LogP contribution in [-0.2, 0) is 9.53 Å². The highest BCUT2D eigenvalue weighted by atomic mass is 19.4. The smallest absolute Gasteiger partial charge is 0.372 e. The van der Waals surface area contributed by atoms with E-state index >= 15 is 0 Å². The number of hydrogen-bond donors (Lipinski definition) is 1. The van der Waals surface area contributed by atoms with Crippen LogP contribution in [0.1, 0.15) is 18.0 Å². The van der Waals surface area contributed by atoms with Crippen LogP contribution in [0.2, 0.25) is 0 Å². The minimum Gasteiger partial charge on any atom is -0.372 e. The highest BCUT2D eigenvalue weighted by Gasteiger charge is 2.41. The molecule has 1 N–H and O–H groups in total. The summed E-state index contributed by atoms with van der Waals surface area (Å²) in [5.41, 5.74) is -0.167. The van der Waals surface area contributed by atoms with Gasteiger partial charge in [-0.05, 0) is 5.56 Å². The lowest BCUT2D eigenvalue weighted by Gasteiger charge is -2.22. The third-order valence-corrected chi connectivity index (χ3v) is 2.50. The lowest BCUT2D eigenvalue weighted by Crippen LogP contribution is -2.38. The fourth-order valence-electron chi connectivity index (χ4n) is 1.59. The maximum absolute atomic E-state index is 12.9. The molecule has 0 aromatic heterocycles. The van der Waals surface area contributed by atoms with Gasteiger partial charge in [-0.2, -0.15) is 26.3 Å². The molecule has 0 fully saturated rings. The van der Waals surface area contributed by atoms with E-state index in [0.29, 0.717) is 0 Å². The molecular formula is C13H13F6NO2. The van der Waals surface area contributed by atoms with Crippen LogP contribution >= 0.6 is 0 Å². The fraction of sp³-hybridized carbons (Fsp3) is 0.462. The molecule has 0 aliphatic carbocycles. The largest absolute Gasteiger partial charge is 0.412 e. The number of alkyl halides is 6. The van der Waals surface area contributed by atoms with E-state index in [-0.39, 0.29) is 5.56 Å². The standard InChI is InChI=1S/C13H13F6NO2/c14-12(15,16)8-22-7-6-10(21)20-11(13(17,18)19)9-4-2-1-3-5-9/h1-5,11H,6-8H2,(H,20,21). The first-order chi connectivity index (χ1) is 10.1. The van der Waals surface area contributed by atoms with Crippen LogP contribution < -0.4 is 5.32 Å². The van der Waals surface area contributed by atoms with Crippen LogP contribution in [0.4, 0.5) is 26.3 Å². The van der Waals surface area contributed by atoms with E-state index in [0.717, 1.165) is 0 Å². The molecule has 0 aliphatic heterocycles. The van der Waals surface area contributed by atoms with Crippen LogP contribution in [-0.4, -0.2) is 31.5 Å². The van der Waals surface area contributed by atoms with Crippen molar-refractivity contribution in [3.63, 3.8) is 0 Å². The molecule has 22 heavy (non-hydrogen) atoms. The number of halogens is 6. The Labute approximate surface area is 122 Å². The Morgan fingerprint density at radius 1 is 1.09 bits per heavy atom. The Bertz CT molecular complexity index is 472. The normalized spacial score (nSPS) is 13.7. The lowest BCUT2D eigenvalue weighted by atomic mass is 10.1. The van der Waals surface area contributed by atoms with Gasteiger partial charge in [-0.3, -0.25) is 4.79 Å². The van der Waals surface area contributed by atoms with E-state index in [9.17, 15) is 31.1 Å². The van der Waals surface area contributed by atoms with Crippen LogP contribution in [0.25, 0.3) is 0 Å². The molecule has 0 saturated heterocycles. The molecule has 0 bridgehead atoms. The number of hydrogen-bond acceptors (Lipinski definition) is 2. The predicted molar refractivity (Wildman–Crippen MR) is 64.9 cm³/mol. The maximum Gasteiger partial charge on any atom is 0.412 e. The second kappa shape index (κ2) is 7.48. The van der Waals surface area contributed by atoms with E-state index < -0.39 is 43.9 Å². The summed E-state index contributed by atoms with van der Waals surface area (Å²) in [6.07, 6.45) is -9.87. The number of rotatable bonds is 6. The average Bonchev–Trinajstić information content (AvgIpc) is 2.40. The number of ether oxygens (including phenoxy) is 1. The molecule has 9 heteroatoms. The minimum absolute atomic E-state index is 0.167. The monoisotopic (exact) mass is 329 g/mol. The summed E-state index contributed by atoms with van der Waals surface area (Å²) in [6.45, 7) is -2.17. The van der Waals surface area contributed by atoms with Gasteiger partial charge in [-0.15, -0.1) is 0 Å². The summed E-state index contributed by atoms with van der Waals surface area (Å²) in [6, 6.07) is 4.45. The van der Waals surface area contributed by atoms with Crippen molar-refractivity contribution in [2.75, 3.05) is 13.2 Å². The van der Waals surface area contributed by atoms with Crippen molar-refractivity contribution in [2.45, 2.75) is 24.8 Å². The summed E-state index contributed by atoms with van der Waals surface area (Å²) in [4.78, 5) is 11.4. The number of amides is 1. The highest BCUT2D eigenvalue weighted by Crippen LogP contribution is 2.32. The van der Waals surface area contributed by atoms with Gasteiger partial charge in [0.05, 0.1) is 6.61 Å². The second-order valence-electron chi connectivity index (χ2n) is 4.37. The van der Waals surface area contributed by atoms with E-state index in [1.165, 1.54) is 30.3 Å². The van der Waals surface area contributed by atoms with Gasteiger partial charge in [-0.25, -0.2) is 0 Å². The van der Waals surface area contributed by atoms with Gasteiger partial charge < -0.3 is 10.1 Å². The molecule has 124 valence electrons. The summed E-state index contributed by atoms with van der Waals surface area (Å²) >= 11 is 0. The van der Waals surface area contributed by atoms with Gasteiger partial charge in [-0.1, -0.05) is 30.3 Å². The van der Waals surface area contributed by atoms with Crippen molar-refractivity contribution in [1.29, 1.82) is 0 Å². The van der Waals surface area contributed by atoms with Crippen LogP contribution in [0.3, 0.4) is 0 Å². The zero-order chi connectivity index (χ0) is 16.8. The number of benzene rings is 1. The van der Waals surface area contributed by atoms with Gasteiger partial charge >= 0.3 is 12.4 Å². The van der Waals surface area contributed by atoms with Gasteiger partial charge in [0.2, 0.25) is 5.91 Å². The highest BCUT2D eigenvalue weighted by molar-refractivity contribution is 5.76. The summed E-state index contributed by atoms with van der Waals surface area (Å²) in [5, 5.41) is 1.75. The molecule has 0 spiro atoms. The molecule has 1 unspecified atom stereocenters. The molecule has 1 amide bonds. The van der Waals surface area contributed by atoms with Crippen molar-refractivity contribution < 1.29 is 35.9 Å². The maximum atomic E-state index is 12.9. The Morgan fingerprint density at radius 3 is 2.18 bits per heavy atom. The number of carbonyl (C=O) groups is 1. The summed E-state index contributed by atoms with van der Waals surface area (Å²) < 4.78 is 78.3. The zero-order valence-electron chi connectivity index (χ0n) is 11.2. The van der Waals surface area contributed by atoms with E-state index in [2.05, 4.69) is 4.74 Å². The van der Waals surface area contributed by atoms with Crippen molar-refractivity contribution in [3.05, 3.63) is 35.9 Å². The minimum atomic E-state index is -4.72. The molecule has 0 radical (unpaired) electrons. The van der Waals surface area contributed by atoms with Gasteiger partial charge in [0, 0.05) is 6.42 Å². The van der Waals surface area contributed by atoms with Crippen molar-refractivity contribution >= 4 is 5.91 Å². The SMILES string of the molecule is O=C(CCOCC(F)(F)F)NC(c1ccccc1)C(F)(F)F. The quantitative estimate of drug-likeness (QED) is 0.642. The Hall–Kier alpha value is -1.77. The van der Waals surface area contributed by atoms with Gasteiger partial charge in [0.1, 0.15) is 6.61 Å². The first kappa shape index (κ1) is 18.3. The number of nitrogens with one attached hydrogen (secondary N) is 1. The topological polar surface area (TPSA) is 38.3 Å². The molecular weight excluding hydrogens is 316 g/mol. The van der Waals surface area contributed by atoms with E-state index in [1.54, 1.807) is 5.32 Å². The Kier molecular flexibility index (Phi) is 6.21. The van der Waals surface area contributed by atoms with Crippen LogP contribution in [0.15, 0.2) is 30.3 Å². The van der Waals surface area contributed by atoms with Gasteiger partial charge in [0.15, 0.2) is 6.04 Å². The first-order valence-corrected chi connectivity index (χ1v) is 6.15. The molecule has 0 heterocycles. The molecule has 1 aromatic carbocycles. The first-order valence-electron chi connectivity index (χ1n) is 6.15. The Balaban J connectivity index is 2.55. The molecule has 0 saturated carbocycles. The van der Waals surface area contributed by atoms with Crippen molar-refractivity contribution in [1.82, 2.24) is 5.32 Å². The van der Waals surface area contributed by atoms with E-state index in [1.807, 2.05) is 0 Å². The van der Waals surface area contributed by atoms with Crippen LogP contribution in [0, 0.1) is 0 Å². The lowest BCUT2D eigenvalue weighted by molar-refractivity contribution is -0.175. The second-order valence-corrected chi connectivity index (χ2v) is 4.37. The Morgan fingerprint density at radius 2 is 1.68 bits per heavy atom. The molecule has 0 aliphatic rings. The third kappa shape index (κ3) is 6.79. The molecule has 1 rings (SSSR count). The molecule has 1 atom stereocenters. The molecule has 3 nitrogen and oxygen atoms in total. The summed E-state index contributed by atoms with van der Waals surface area (Å²) in [7, 11) is 0. The number of carbonyl (C=O) groups excluding carboxylic acids is 1. The molecule has 1 aromatic rings. The van der Waals surface area contributed by atoms with Crippen LogP contribution in [0.5, 0.6) is 0 Å². The predicted octanol–water partition coefficient (Wildman–Crippen LogP) is 3.38. The zero-order valence-corrected chi connectivity index (χ0v) is 11.2. The van der Waals surface area contributed by atoms with Crippen molar-refractivity contribution in [2.24, 2.45) is 0 Å². The van der Waals surface area contributed by atoms with Crippen molar-refractivity contribution in [3.8, 4) is 0 Å². The van der Waals surface area contributed by atoms with E-state index in [4.69, 9.17) is 0 Å². The average molecular weight is 329 g/mol. The fourth-order valence-corrected chi connectivity index (χ4v) is 1.59. The van der Waals surface area contributed by atoms with Gasteiger partial charge in [0.25, 0.3) is 0 Å². The summed E-state index contributed by atoms with van der Waals surface area (Å²) in [5.74, 6) is -1.05. The third-order valence-electron chi connectivity index (χ3n) is 2.50.